The summed E-state index contributed by atoms with van der Waals surface area (Å²) in [6.07, 6.45) is 0.735. The van der Waals surface area contributed by atoms with Crippen molar-refractivity contribution in [3.63, 3.8) is 0 Å². The number of para-hydroxylation sites is 1. The molecular formula is C28H29N3O7S. The van der Waals surface area contributed by atoms with E-state index in [0.29, 0.717) is 42.4 Å². The molecule has 2 amide bonds. The SMILES string of the molecule is CCCOC(=O)c1ccc(OCC(=O)NNC(=S)NC(=O)c2ccc(OCCOc3ccccc3)cc2)cc1. The van der Waals surface area contributed by atoms with E-state index >= 15 is 0 Å². The highest BCUT2D eigenvalue weighted by atomic mass is 32.1. The molecule has 11 heteroatoms. The zero-order valence-corrected chi connectivity index (χ0v) is 22.1. The van der Waals surface area contributed by atoms with Crippen LogP contribution in [0, 0.1) is 0 Å². The molecular weight excluding hydrogens is 522 g/mol. The van der Waals surface area contributed by atoms with Crippen LogP contribution in [0.3, 0.4) is 0 Å². The number of carbonyl (C=O) groups excluding carboxylic acids is 3. The highest BCUT2D eigenvalue weighted by Crippen LogP contribution is 2.14. The minimum absolute atomic E-state index is 0.0957. The highest BCUT2D eigenvalue weighted by Gasteiger charge is 2.10. The Morgan fingerprint density at radius 3 is 1.87 bits per heavy atom. The molecule has 0 unspecified atom stereocenters. The van der Waals surface area contributed by atoms with Crippen LogP contribution in [0.15, 0.2) is 78.9 Å². The molecule has 3 aromatic carbocycles. The van der Waals surface area contributed by atoms with Gasteiger partial charge >= 0.3 is 5.97 Å². The molecule has 3 rings (SSSR count). The van der Waals surface area contributed by atoms with E-state index in [2.05, 4.69) is 16.2 Å². The number of esters is 1. The maximum atomic E-state index is 12.4. The van der Waals surface area contributed by atoms with Crippen LogP contribution in [0.1, 0.15) is 34.1 Å². The van der Waals surface area contributed by atoms with Crippen LogP contribution in [0.4, 0.5) is 0 Å². The van der Waals surface area contributed by atoms with Crippen molar-refractivity contribution in [3.05, 3.63) is 90.0 Å². The summed E-state index contributed by atoms with van der Waals surface area (Å²) in [5.74, 6) is 0.324. The van der Waals surface area contributed by atoms with Gasteiger partial charge < -0.3 is 18.9 Å². The van der Waals surface area contributed by atoms with Crippen LogP contribution >= 0.6 is 12.2 Å². The molecule has 0 saturated carbocycles. The second-order valence-electron chi connectivity index (χ2n) is 7.94. The summed E-state index contributed by atoms with van der Waals surface area (Å²) in [6, 6.07) is 22.1. The van der Waals surface area contributed by atoms with Crippen LogP contribution in [0.5, 0.6) is 17.2 Å². The Labute approximate surface area is 231 Å². The Hall–Kier alpha value is -4.64. The molecule has 0 aromatic heterocycles. The molecule has 3 aromatic rings. The normalized spacial score (nSPS) is 10.1. The fourth-order valence-corrected chi connectivity index (χ4v) is 3.17. The average Bonchev–Trinajstić information content (AvgIpc) is 2.97. The Kier molecular flexibility index (Phi) is 11.6. The number of thiocarbonyl (C=S) groups is 1. The molecule has 39 heavy (non-hydrogen) atoms. The number of benzene rings is 3. The molecule has 0 saturated heterocycles. The summed E-state index contributed by atoms with van der Waals surface area (Å²) >= 11 is 5.05. The van der Waals surface area contributed by atoms with Gasteiger partial charge in [-0.15, -0.1) is 0 Å². The molecule has 0 fully saturated rings. The predicted molar refractivity (Wildman–Crippen MR) is 148 cm³/mol. The third kappa shape index (κ3) is 10.3. The number of ether oxygens (including phenoxy) is 4. The first-order valence-corrected chi connectivity index (χ1v) is 12.6. The van der Waals surface area contributed by atoms with E-state index in [0.717, 1.165) is 12.2 Å². The van der Waals surface area contributed by atoms with E-state index < -0.39 is 17.8 Å². The van der Waals surface area contributed by atoms with Crippen LogP contribution in [-0.2, 0) is 9.53 Å². The lowest BCUT2D eigenvalue weighted by Gasteiger charge is -2.12. The fourth-order valence-electron chi connectivity index (χ4n) is 3.02. The van der Waals surface area contributed by atoms with Gasteiger partial charge in [-0.25, -0.2) is 4.79 Å². The van der Waals surface area contributed by atoms with Crippen LogP contribution in [0.2, 0.25) is 0 Å². The first-order valence-electron chi connectivity index (χ1n) is 12.2. The first kappa shape index (κ1) is 28.9. The van der Waals surface area contributed by atoms with Crippen LogP contribution < -0.4 is 30.4 Å². The molecule has 0 atom stereocenters. The summed E-state index contributed by atoms with van der Waals surface area (Å²) in [4.78, 5) is 36.2. The first-order chi connectivity index (χ1) is 18.9. The van der Waals surface area contributed by atoms with Gasteiger partial charge in [0.1, 0.15) is 30.5 Å². The maximum Gasteiger partial charge on any atom is 0.338 e. The quantitative estimate of drug-likeness (QED) is 0.134. The Bertz CT molecular complexity index is 1240. The van der Waals surface area contributed by atoms with Gasteiger partial charge in [-0.3, -0.25) is 25.8 Å². The van der Waals surface area contributed by atoms with E-state index in [-0.39, 0.29) is 11.7 Å². The molecule has 0 radical (unpaired) electrons. The largest absolute Gasteiger partial charge is 0.490 e. The molecule has 0 aliphatic heterocycles. The predicted octanol–water partition coefficient (Wildman–Crippen LogP) is 3.43. The van der Waals surface area contributed by atoms with Gasteiger partial charge in [0, 0.05) is 5.56 Å². The molecule has 0 aliphatic carbocycles. The van der Waals surface area contributed by atoms with Gasteiger partial charge in [-0.2, -0.15) is 0 Å². The molecule has 204 valence electrons. The van der Waals surface area contributed by atoms with E-state index in [1.165, 1.54) is 0 Å². The number of carbonyl (C=O) groups is 3. The second kappa shape index (κ2) is 15.6. The molecule has 0 bridgehead atoms. The number of rotatable bonds is 12. The van der Waals surface area contributed by atoms with Crippen molar-refractivity contribution in [1.82, 2.24) is 16.2 Å². The Morgan fingerprint density at radius 1 is 0.692 bits per heavy atom. The number of amides is 2. The van der Waals surface area contributed by atoms with E-state index in [9.17, 15) is 14.4 Å². The number of hydrogen-bond acceptors (Lipinski definition) is 8. The number of hydrogen-bond donors (Lipinski definition) is 3. The van der Waals surface area contributed by atoms with Gasteiger partial charge in [-0.1, -0.05) is 25.1 Å². The van der Waals surface area contributed by atoms with Gasteiger partial charge in [-0.05, 0) is 79.3 Å². The summed E-state index contributed by atoms with van der Waals surface area (Å²) < 4.78 is 21.6. The van der Waals surface area contributed by atoms with Gasteiger partial charge in [0.2, 0.25) is 0 Å². The van der Waals surface area contributed by atoms with Gasteiger partial charge in [0.15, 0.2) is 11.7 Å². The number of nitrogens with one attached hydrogen (secondary N) is 3. The smallest absolute Gasteiger partial charge is 0.338 e. The van der Waals surface area contributed by atoms with Gasteiger partial charge in [0.25, 0.3) is 11.8 Å². The Morgan fingerprint density at radius 2 is 1.26 bits per heavy atom. The lowest BCUT2D eigenvalue weighted by atomic mass is 10.2. The standard InChI is InChI=1S/C28H29N3O7S/c1-2-16-37-27(34)21-10-14-24(15-11-21)38-19-25(32)30-31-28(39)29-26(33)20-8-12-23(13-9-20)36-18-17-35-22-6-4-3-5-7-22/h3-15H,2,16-19H2,1H3,(H,30,32)(H2,29,31,33,39). The summed E-state index contributed by atoms with van der Waals surface area (Å²) in [5, 5.41) is 2.37. The maximum absolute atomic E-state index is 12.4. The minimum atomic E-state index is -0.532. The lowest BCUT2D eigenvalue weighted by molar-refractivity contribution is -0.123. The molecule has 3 N–H and O–H groups in total. The monoisotopic (exact) mass is 551 g/mol. The molecule has 10 nitrogen and oxygen atoms in total. The van der Waals surface area contributed by atoms with Crippen molar-refractivity contribution in [1.29, 1.82) is 0 Å². The summed E-state index contributed by atoms with van der Waals surface area (Å²) in [5.41, 5.74) is 5.52. The Balaban J connectivity index is 1.32. The van der Waals surface area contributed by atoms with Crippen LogP contribution in [0.25, 0.3) is 0 Å². The second-order valence-corrected chi connectivity index (χ2v) is 8.35. The zero-order chi connectivity index (χ0) is 27.9. The third-order valence-electron chi connectivity index (χ3n) is 4.92. The van der Waals surface area contributed by atoms with Crippen molar-refractivity contribution in [2.24, 2.45) is 0 Å². The lowest BCUT2D eigenvalue weighted by Crippen LogP contribution is -2.49. The van der Waals surface area contributed by atoms with Crippen molar-refractivity contribution in [2.45, 2.75) is 13.3 Å². The minimum Gasteiger partial charge on any atom is -0.490 e. The van der Waals surface area contributed by atoms with Crippen molar-refractivity contribution in [3.8, 4) is 17.2 Å². The number of hydrazine groups is 1. The van der Waals surface area contributed by atoms with Crippen LogP contribution in [-0.4, -0.2) is 49.3 Å². The van der Waals surface area contributed by atoms with Crippen molar-refractivity contribution < 1.29 is 33.3 Å². The molecule has 0 heterocycles. The molecule has 0 spiro atoms. The van der Waals surface area contributed by atoms with E-state index in [4.69, 9.17) is 31.2 Å². The summed E-state index contributed by atoms with van der Waals surface area (Å²) in [6.45, 7) is 2.66. The van der Waals surface area contributed by atoms with Gasteiger partial charge in [0.05, 0.1) is 12.2 Å². The third-order valence-corrected chi connectivity index (χ3v) is 5.12. The highest BCUT2D eigenvalue weighted by molar-refractivity contribution is 7.80. The zero-order valence-electron chi connectivity index (χ0n) is 21.3. The van der Waals surface area contributed by atoms with Crippen molar-refractivity contribution in [2.75, 3.05) is 26.4 Å². The molecule has 0 aliphatic rings. The summed E-state index contributed by atoms with van der Waals surface area (Å²) in [7, 11) is 0. The van der Waals surface area contributed by atoms with E-state index in [1.807, 2.05) is 37.3 Å². The van der Waals surface area contributed by atoms with Crippen molar-refractivity contribution >= 4 is 35.1 Å². The van der Waals surface area contributed by atoms with E-state index in [1.54, 1.807) is 48.5 Å². The fraction of sp³-hybridized carbons (Fsp3) is 0.214. The average molecular weight is 552 g/mol. The topological polar surface area (TPSA) is 124 Å².